The number of amides is 1. The molecule has 1 aromatic carbocycles. The van der Waals surface area contributed by atoms with E-state index in [2.05, 4.69) is 10.3 Å². The third kappa shape index (κ3) is 2.59. The highest BCUT2D eigenvalue weighted by atomic mass is 35.5. The number of piperazine rings is 1. The Morgan fingerprint density at radius 2 is 1.95 bits per heavy atom. The van der Waals surface area contributed by atoms with Gasteiger partial charge in [-0.15, -0.1) is 0 Å². The lowest BCUT2D eigenvalue weighted by Crippen LogP contribution is -2.46. The zero-order valence-corrected chi connectivity index (χ0v) is 12.2. The Balaban J connectivity index is 1.97. The summed E-state index contributed by atoms with van der Waals surface area (Å²) in [6.07, 6.45) is 0. The highest BCUT2D eigenvalue weighted by Gasteiger charge is 2.18. The van der Waals surface area contributed by atoms with Crippen molar-refractivity contribution in [2.45, 2.75) is 0 Å². The lowest BCUT2D eigenvalue weighted by molar-refractivity contribution is 0.0736. The first-order valence-corrected chi connectivity index (χ1v) is 7.16. The van der Waals surface area contributed by atoms with Gasteiger partial charge in [0.15, 0.2) is 0 Å². The highest BCUT2D eigenvalue weighted by Crippen LogP contribution is 2.26. The van der Waals surface area contributed by atoms with E-state index in [-0.39, 0.29) is 5.91 Å². The molecule has 2 heterocycles. The highest BCUT2D eigenvalue weighted by molar-refractivity contribution is 6.37. The molecule has 1 N–H and O–H groups in total. The first-order valence-electron chi connectivity index (χ1n) is 6.41. The first kappa shape index (κ1) is 13.6. The van der Waals surface area contributed by atoms with Crippen LogP contribution in [0.15, 0.2) is 24.3 Å². The Kier molecular flexibility index (Phi) is 3.78. The van der Waals surface area contributed by atoms with Gasteiger partial charge in [0.05, 0.1) is 10.5 Å². The van der Waals surface area contributed by atoms with E-state index in [0.717, 1.165) is 31.6 Å². The average molecular weight is 310 g/mol. The number of nitrogens with zero attached hydrogens (tertiary/aromatic N) is 2. The summed E-state index contributed by atoms with van der Waals surface area (Å²) >= 11 is 12.0. The first-order chi connectivity index (χ1) is 9.65. The molecule has 1 saturated heterocycles. The van der Waals surface area contributed by atoms with Crippen molar-refractivity contribution in [2.75, 3.05) is 26.2 Å². The lowest BCUT2D eigenvalue weighted by atomic mass is 10.1. The number of halogens is 2. The molecule has 0 saturated carbocycles. The predicted octanol–water partition coefficient (Wildman–Crippen LogP) is 2.59. The number of pyridine rings is 1. The molecule has 0 spiro atoms. The fourth-order valence-electron chi connectivity index (χ4n) is 2.34. The molecule has 104 valence electrons. The van der Waals surface area contributed by atoms with E-state index in [9.17, 15) is 4.79 Å². The van der Waals surface area contributed by atoms with Crippen LogP contribution in [0.5, 0.6) is 0 Å². The lowest BCUT2D eigenvalue weighted by Gasteiger charge is -2.27. The van der Waals surface area contributed by atoms with Gasteiger partial charge in [0, 0.05) is 37.1 Å². The predicted molar refractivity (Wildman–Crippen MR) is 80.5 cm³/mol. The van der Waals surface area contributed by atoms with Crippen LogP contribution in [-0.2, 0) is 0 Å². The smallest absolute Gasteiger partial charge is 0.254 e. The zero-order chi connectivity index (χ0) is 14.1. The summed E-state index contributed by atoms with van der Waals surface area (Å²) < 4.78 is 0. The van der Waals surface area contributed by atoms with Gasteiger partial charge in [0.1, 0.15) is 5.15 Å². The minimum absolute atomic E-state index is 0.0197. The van der Waals surface area contributed by atoms with Crippen LogP contribution in [0.4, 0.5) is 0 Å². The molecule has 0 radical (unpaired) electrons. The fraction of sp³-hybridized carbons (Fsp3) is 0.286. The summed E-state index contributed by atoms with van der Waals surface area (Å²) in [7, 11) is 0. The van der Waals surface area contributed by atoms with Gasteiger partial charge >= 0.3 is 0 Å². The third-order valence-corrected chi connectivity index (χ3v) is 3.89. The van der Waals surface area contributed by atoms with Crippen molar-refractivity contribution in [1.82, 2.24) is 15.2 Å². The van der Waals surface area contributed by atoms with Crippen LogP contribution in [0.2, 0.25) is 10.2 Å². The van der Waals surface area contributed by atoms with Crippen LogP contribution in [0.1, 0.15) is 10.4 Å². The van der Waals surface area contributed by atoms with E-state index >= 15 is 0 Å². The van der Waals surface area contributed by atoms with Crippen LogP contribution in [0, 0.1) is 0 Å². The van der Waals surface area contributed by atoms with Crippen molar-refractivity contribution in [1.29, 1.82) is 0 Å². The van der Waals surface area contributed by atoms with Gasteiger partial charge in [-0.05, 0) is 18.2 Å². The second-order valence-electron chi connectivity index (χ2n) is 4.70. The summed E-state index contributed by atoms with van der Waals surface area (Å²) in [6, 6.07) is 6.95. The van der Waals surface area contributed by atoms with Gasteiger partial charge in [-0.2, -0.15) is 0 Å². The van der Waals surface area contributed by atoms with E-state index in [4.69, 9.17) is 23.2 Å². The number of carbonyl (C=O) groups is 1. The number of fused-ring (bicyclic) bond motifs is 1. The summed E-state index contributed by atoms with van der Waals surface area (Å²) in [5, 5.41) is 4.89. The number of benzene rings is 1. The number of nitrogens with one attached hydrogen (secondary N) is 1. The van der Waals surface area contributed by atoms with Gasteiger partial charge < -0.3 is 10.2 Å². The largest absolute Gasteiger partial charge is 0.336 e. The minimum Gasteiger partial charge on any atom is -0.336 e. The molecular weight excluding hydrogens is 297 g/mol. The molecule has 1 aliphatic heterocycles. The molecule has 6 heteroatoms. The van der Waals surface area contributed by atoms with Crippen molar-refractivity contribution in [3.63, 3.8) is 0 Å². The molecule has 0 atom stereocenters. The van der Waals surface area contributed by atoms with Gasteiger partial charge in [0.25, 0.3) is 5.91 Å². The maximum absolute atomic E-state index is 12.4. The van der Waals surface area contributed by atoms with E-state index in [1.807, 2.05) is 11.0 Å². The Morgan fingerprint density at radius 1 is 1.20 bits per heavy atom. The van der Waals surface area contributed by atoms with Gasteiger partial charge in [-0.25, -0.2) is 4.98 Å². The maximum Gasteiger partial charge on any atom is 0.254 e. The number of rotatable bonds is 1. The Hall–Kier alpha value is -1.36. The number of hydrogen-bond donors (Lipinski definition) is 1. The number of aromatic nitrogens is 1. The van der Waals surface area contributed by atoms with Crippen LogP contribution in [-0.4, -0.2) is 42.0 Å². The van der Waals surface area contributed by atoms with Crippen molar-refractivity contribution in [2.24, 2.45) is 0 Å². The van der Waals surface area contributed by atoms with Crippen molar-refractivity contribution < 1.29 is 4.79 Å². The van der Waals surface area contributed by atoms with Crippen LogP contribution < -0.4 is 5.32 Å². The molecule has 2 aromatic rings. The van der Waals surface area contributed by atoms with Crippen LogP contribution in [0.3, 0.4) is 0 Å². The Labute approximate surface area is 126 Å². The van der Waals surface area contributed by atoms with Gasteiger partial charge in [-0.1, -0.05) is 29.3 Å². The molecule has 1 amide bonds. The van der Waals surface area contributed by atoms with E-state index in [0.29, 0.717) is 21.3 Å². The topological polar surface area (TPSA) is 45.2 Å². The van der Waals surface area contributed by atoms with E-state index in [1.165, 1.54) is 0 Å². The Morgan fingerprint density at radius 3 is 2.70 bits per heavy atom. The third-order valence-electron chi connectivity index (χ3n) is 3.38. The number of hydrogen-bond acceptors (Lipinski definition) is 3. The molecule has 1 aromatic heterocycles. The van der Waals surface area contributed by atoms with Crippen molar-refractivity contribution >= 4 is 40.0 Å². The Bertz CT molecular complexity index is 669. The quantitative estimate of drug-likeness (QED) is 0.824. The van der Waals surface area contributed by atoms with Gasteiger partial charge in [-0.3, -0.25) is 4.79 Å². The minimum atomic E-state index is 0.0197. The molecule has 3 rings (SSSR count). The van der Waals surface area contributed by atoms with Crippen LogP contribution in [0.25, 0.3) is 10.9 Å². The molecule has 0 aliphatic carbocycles. The summed E-state index contributed by atoms with van der Waals surface area (Å²) in [6.45, 7) is 3.10. The molecule has 0 bridgehead atoms. The standard InChI is InChI=1S/C14H13Cl2N3O/c15-11-8-13(16)18-12-7-9(1-2-10(11)12)14(20)19-5-3-17-4-6-19/h1-2,7-8,17H,3-6H2. The second-order valence-corrected chi connectivity index (χ2v) is 5.50. The summed E-state index contributed by atoms with van der Waals surface area (Å²) in [5.41, 5.74) is 1.26. The monoisotopic (exact) mass is 309 g/mol. The summed E-state index contributed by atoms with van der Waals surface area (Å²) in [4.78, 5) is 18.5. The fourth-order valence-corrected chi connectivity index (χ4v) is 2.86. The molecule has 1 aliphatic rings. The molecular formula is C14H13Cl2N3O. The van der Waals surface area contributed by atoms with Gasteiger partial charge in [0.2, 0.25) is 0 Å². The molecule has 1 fully saturated rings. The zero-order valence-electron chi connectivity index (χ0n) is 10.7. The molecule has 20 heavy (non-hydrogen) atoms. The van der Waals surface area contributed by atoms with Crippen molar-refractivity contribution in [3.8, 4) is 0 Å². The SMILES string of the molecule is O=C(c1ccc2c(Cl)cc(Cl)nc2c1)N1CCNCC1. The normalized spacial score (nSPS) is 15.6. The summed E-state index contributed by atoms with van der Waals surface area (Å²) in [5.74, 6) is 0.0197. The average Bonchev–Trinajstić information content (AvgIpc) is 2.46. The van der Waals surface area contributed by atoms with E-state index < -0.39 is 0 Å². The maximum atomic E-state index is 12.4. The molecule has 0 unspecified atom stereocenters. The number of carbonyl (C=O) groups excluding carboxylic acids is 1. The molecule has 4 nitrogen and oxygen atoms in total. The van der Waals surface area contributed by atoms with E-state index in [1.54, 1.807) is 18.2 Å². The second kappa shape index (κ2) is 5.56. The van der Waals surface area contributed by atoms with Crippen molar-refractivity contribution in [3.05, 3.63) is 40.0 Å². The van der Waals surface area contributed by atoms with Crippen LogP contribution >= 0.6 is 23.2 Å².